The quantitative estimate of drug-likeness (QED) is 0.146. The topological polar surface area (TPSA) is 75.0 Å². The Balaban J connectivity index is 1.36. The van der Waals surface area contributed by atoms with Crippen LogP contribution in [-0.2, 0) is 4.79 Å². The molecule has 0 amide bonds. The van der Waals surface area contributed by atoms with Crippen LogP contribution >= 0.6 is 0 Å². The number of ether oxygens (including phenoxy) is 3. The zero-order valence-corrected chi connectivity index (χ0v) is 16.4. The van der Waals surface area contributed by atoms with E-state index in [1.807, 2.05) is 36.4 Å². The minimum atomic E-state index is -0.419. The van der Waals surface area contributed by atoms with E-state index in [-0.39, 0.29) is 12.4 Å². The van der Waals surface area contributed by atoms with Crippen LogP contribution < -0.4 is 19.8 Å². The molecule has 0 saturated carbocycles. The van der Waals surface area contributed by atoms with Crippen molar-refractivity contribution >= 4 is 27.7 Å². The average Bonchev–Trinajstić information content (AvgIpc) is 2.77. The van der Waals surface area contributed by atoms with Crippen molar-refractivity contribution in [2.75, 3.05) is 13.7 Å². The van der Waals surface area contributed by atoms with Gasteiger partial charge in [0.25, 0.3) is 0 Å². The van der Waals surface area contributed by atoms with Gasteiger partial charge in [-0.25, -0.2) is 4.79 Å². The van der Waals surface area contributed by atoms with E-state index < -0.39 is 5.63 Å². The molecule has 0 aliphatic rings. The molecule has 0 spiro atoms. The van der Waals surface area contributed by atoms with Gasteiger partial charge in [0, 0.05) is 17.9 Å². The number of methoxy groups -OCH3 is 1. The third-order valence-electron chi connectivity index (χ3n) is 4.68. The molecule has 0 aliphatic heterocycles. The summed E-state index contributed by atoms with van der Waals surface area (Å²) in [5, 5.41) is 2.11. The minimum Gasteiger partial charge on any atom is -0.497 e. The Morgan fingerprint density at radius 3 is 2.33 bits per heavy atom. The summed E-state index contributed by atoms with van der Waals surface area (Å²) in [5.74, 6) is 1.42. The first kappa shape index (κ1) is 19.5. The second-order valence-electron chi connectivity index (χ2n) is 6.69. The molecule has 1 aromatic heterocycles. The molecular weight excluding hydrogens is 384 g/mol. The number of carbonyl (C=O) groups is 1. The molecule has 1 heterocycles. The summed E-state index contributed by atoms with van der Waals surface area (Å²) in [4.78, 5) is 24.3. The molecule has 6 nitrogen and oxygen atoms in total. The third kappa shape index (κ3) is 4.27. The fourth-order valence-corrected chi connectivity index (χ4v) is 3.18. The first-order chi connectivity index (χ1) is 14.6. The van der Waals surface area contributed by atoms with Crippen molar-refractivity contribution < 1.29 is 23.4 Å². The van der Waals surface area contributed by atoms with Gasteiger partial charge in [-0.3, -0.25) is 4.79 Å². The lowest BCUT2D eigenvalue weighted by Crippen LogP contribution is -2.10. The van der Waals surface area contributed by atoms with Crippen LogP contribution in [0, 0.1) is 0 Å². The summed E-state index contributed by atoms with van der Waals surface area (Å²) in [7, 11) is 1.60. The van der Waals surface area contributed by atoms with Crippen LogP contribution in [0.5, 0.6) is 17.2 Å². The van der Waals surface area contributed by atoms with Crippen molar-refractivity contribution in [1.29, 1.82) is 0 Å². The first-order valence-electron chi connectivity index (χ1n) is 9.57. The van der Waals surface area contributed by atoms with Gasteiger partial charge in [-0.2, -0.15) is 0 Å². The summed E-state index contributed by atoms with van der Waals surface area (Å²) in [6, 6.07) is 19.5. The van der Waals surface area contributed by atoms with Gasteiger partial charge in [-0.15, -0.1) is 0 Å². The van der Waals surface area contributed by atoms with Crippen LogP contribution in [0.2, 0.25) is 0 Å². The average molecular weight is 404 g/mol. The predicted molar refractivity (Wildman–Crippen MR) is 113 cm³/mol. The first-order valence-corrected chi connectivity index (χ1v) is 9.57. The Hall–Kier alpha value is -3.80. The number of esters is 1. The molecule has 0 saturated heterocycles. The van der Waals surface area contributed by atoms with E-state index in [4.69, 9.17) is 18.6 Å². The zero-order chi connectivity index (χ0) is 20.9. The lowest BCUT2D eigenvalue weighted by molar-refractivity contribution is -0.134. The van der Waals surface area contributed by atoms with Gasteiger partial charge >= 0.3 is 11.6 Å². The standard InChI is InChI=1S/C24H20O6/c1-27-16-8-10-17(11-9-16)28-14-4-7-23(25)29-18-12-13-20-19-5-2-3-6-21(19)24(26)30-22(20)15-18/h2-3,5-6,8-13,15H,4,7,14H2,1H3. The molecule has 0 radical (unpaired) electrons. The van der Waals surface area contributed by atoms with Crippen molar-refractivity contribution in [3.8, 4) is 17.2 Å². The van der Waals surface area contributed by atoms with E-state index in [0.29, 0.717) is 35.5 Å². The number of hydrogen-bond acceptors (Lipinski definition) is 6. The van der Waals surface area contributed by atoms with Gasteiger partial charge in [0.1, 0.15) is 22.8 Å². The second kappa shape index (κ2) is 8.69. The van der Waals surface area contributed by atoms with Crippen LogP contribution in [-0.4, -0.2) is 19.7 Å². The zero-order valence-electron chi connectivity index (χ0n) is 16.4. The molecule has 0 atom stereocenters. The van der Waals surface area contributed by atoms with E-state index >= 15 is 0 Å². The highest BCUT2D eigenvalue weighted by atomic mass is 16.5. The highest BCUT2D eigenvalue weighted by Gasteiger charge is 2.10. The predicted octanol–water partition coefficient (Wildman–Crippen LogP) is 4.72. The van der Waals surface area contributed by atoms with Crippen molar-refractivity contribution in [2.45, 2.75) is 12.8 Å². The summed E-state index contributed by atoms with van der Waals surface area (Å²) >= 11 is 0. The molecule has 4 aromatic rings. The maximum Gasteiger partial charge on any atom is 0.344 e. The van der Waals surface area contributed by atoms with E-state index in [9.17, 15) is 9.59 Å². The fourth-order valence-electron chi connectivity index (χ4n) is 3.18. The summed E-state index contributed by atoms with van der Waals surface area (Å²) in [5.41, 5.74) is -0.0379. The molecular formula is C24H20O6. The lowest BCUT2D eigenvalue weighted by Gasteiger charge is -2.08. The van der Waals surface area contributed by atoms with Gasteiger partial charge in [-0.1, -0.05) is 18.2 Å². The van der Waals surface area contributed by atoms with Crippen molar-refractivity contribution in [2.24, 2.45) is 0 Å². The molecule has 0 N–H and O–H groups in total. The SMILES string of the molecule is COc1ccc(OCCCC(=O)Oc2ccc3c(c2)oc(=O)c2ccccc23)cc1. The lowest BCUT2D eigenvalue weighted by atomic mass is 10.1. The molecule has 0 fully saturated rings. The summed E-state index contributed by atoms with van der Waals surface area (Å²) in [6.45, 7) is 0.389. The van der Waals surface area contributed by atoms with Gasteiger partial charge in [0.2, 0.25) is 0 Å². The van der Waals surface area contributed by atoms with Crippen molar-refractivity contribution in [3.63, 3.8) is 0 Å². The van der Waals surface area contributed by atoms with Crippen LogP contribution in [0.4, 0.5) is 0 Å². The maximum absolute atomic E-state index is 12.2. The van der Waals surface area contributed by atoms with E-state index in [0.717, 1.165) is 16.5 Å². The molecule has 0 aliphatic carbocycles. The second-order valence-corrected chi connectivity index (χ2v) is 6.69. The Kier molecular flexibility index (Phi) is 5.66. The summed E-state index contributed by atoms with van der Waals surface area (Å²) < 4.78 is 21.5. The molecule has 30 heavy (non-hydrogen) atoms. The van der Waals surface area contributed by atoms with Crippen LogP contribution in [0.15, 0.2) is 75.9 Å². The number of rotatable bonds is 7. The van der Waals surface area contributed by atoms with Crippen LogP contribution in [0.3, 0.4) is 0 Å². The Morgan fingerprint density at radius 2 is 1.57 bits per heavy atom. The monoisotopic (exact) mass is 404 g/mol. The Bertz CT molecular complexity index is 1240. The number of hydrogen-bond donors (Lipinski definition) is 0. The van der Waals surface area contributed by atoms with E-state index in [1.54, 1.807) is 37.4 Å². The van der Waals surface area contributed by atoms with E-state index in [2.05, 4.69) is 0 Å². The highest BCUT2D eigenvalue weighted by Crippen LogP contribution is 2.26. The molecule has 3 aromatic carbocycles. The van der Waals surface area contributed by atoms with Crippen LogP contribution in [0.25, 0.3) is 21.7 Å². The Labute approximate surface area is 172 Å². The fraction of sp³-hybridized carbons (Fsp3) is 0.167. The van der Waals surface area contributed by atoms with Crippen molar-refractivity contribution in [1.82, 2.24) is 0 Å². The van der Waals surface area contributed by atoms with Gasteiger partial charge in [-0.05, 0) is 54.3 Å². The number of carbonyl (C=O) groups excluding carboxylic acids is 1. The molecule has 4 rings (SSSR count). The minimum absolute atomic E-state index is 0.204. The normalized spacial score (nSPS) is 10.8. The van der Waals surface area contributed by atoms with Gasteiger partial charge in [0.15, 0.2) is 0 Å². The smallest absolute Gasteiger partial charge is 0.344 e. The van der Waals surface area contributed by atoms with Crippen molar-refractivity contribution in [3.05, 3.63) is 77.2 Å². The number of benzene rings is 3. The van der Waals surface area contributed by atoms with E-state index in [1.165, 1.54) is 0 Å². The highest BCUT2D eigenvalue weighted by molar-refractivity contribution is 6.04. The third-order valence-corrected chi connectivity index (χ3v) is 4.68. The molecule has 152 valence electrons. The summed E-state index contributed by atoms with van der Waals surface area (Å²) in [6.07, 6.45) is 0.716. The van der Waals surface area contributed by atoms with Gasteiger partial charge < -0.3 is 18.6 Å². The molecule has 0 unspecified atom stereocenters. The molecule has 6 heteroatoms. The maximum atomic E-state index is 12.2. The van der Waals surface area contributed by atoms with Crippen LogP contribution in [0.1, 0.15) is 12.8 Å². The Morgan fingerprint density at radius 1 is 0.867 bits per heavy atom. The number of fused-ring (bicyclic) bond motifs is 3. The van der Waals surface area contributed by atoms with Gasteiger partial charge in [0.05, 0.1) is 19.1 Å². The largest absolute Gasteiger partial charge is 0.497 e. The molecule has 0 bridgehead atoms.